The molecule has 0 aromatic carbocycles. The first kappa shape index (κ1) is 14.3. The van der Waals surface area contributed by atoms with Gasteiger partial charge in [0.25, 0.3) is 0 Å². The second-order valence-corrected chi connectivity index (χ2v) is 5.52. The van der Waals surface area contributed by atoms with Crippen LogP contribution in [0.4, 0.5) is 5.82 Å². The van der Waals surface area contributed by atoms with Gasteiger partial charge in [-0.3, -0.25) is 4.90 Å². The van der Waals surface area contributed by atoms with Gasteiger partial charge in [-0.25, -0.2) is 4.98 Å². The summed E-state index contributed by atoms with van der Waals surface area (Å²) in [4.78, 5) is 7.06. The summed E-state index contributed by atoms with van der Waals surface area (Å²) in [6, 6.07) is 4.32. The standard InChI is InChI=1S/C16H27N3/c1-2-10-17-16-9-8-15(13-18-16)14-19-11-6-4-3-5-7-12-19/h8-9,13H,2-7,10-12,14H2,1H3,(H,17,18). The van der Waals surface area contributed by atoms with Crippen molar-refractivity contribution in [1.82, 2.24) is 9.88 Å². The molecule has 2 rings (SSSR count). The second-order valence-electron chi connectivity index (χ2n) is 5.52. The molecule has 1 saturated heterocycles. The Hall–Kier alpha value is -1.09. The number of nitrogens with zero attached hydrogens (tertiary/aromatic N) is 2. The smallest absolute Gasteiger partial charge is 0.125 e. The van der Waals surface area contributed by atoms with Crippen molar-refractivity contribution in [2.45, 2.75) is 52.0 Å². The topological polar surface area (TPSA) is 28.2 Å². The fraction of sp³-hybridized carbons (Fsp3) is 0.688. The molecule has 0 aliphatic carbocycles. The molecule has 1 aliphatic rings. The normalized spacial score (nSPS) is 17.7. The molecule has 0 radical (unpaired) electrons. The van der Waals surface area contributed by atoms with Gasteiger partial charge in [-0.05, 0) is 44.0 Å². The fourth-order valence-electron chi connectivity index (χ4n) is 2.60. The van der Waals surface area contributed by atoms with Crippen LogP contribution in [0.3, 0.4) is 0 Å². The van der Waals surface area contributed by atoms with Gasteiger partial charge in [0.15, 0.2) is 0 Å². The Labute approximate surface area is 117 Å². The van der Waals surface area contributed by atoms with E-state index in [-0.39, 0.29) is 0 Å². The van der Waals surface area contributed by atoms with E-state index in [9.17, 15) is 0 Å². The molecule has 3 nitrogen and oxygen atoms in total. The average molecular weight is 261 g/mol. The van der Waals surface area contributed by atoms with Crippen molar-refractivity contribution < 1.29 is 0 Å². The van der Waals surface area contributed by atoms with Crippen LogP contribution >= 0.6 is 0 Å². The Bertz CT molecular complexity index is 340. The van der Waals surface area contributed by atoms with Crippen LogP contribution < -0.4 is 5.32 Å². The Balaban J connectivity index is 1.83. The van der Waals surface area contributed by atoms with Crippen molar-refractivity contribution in [2.24, 2.45) is 0 Å². The van der Waals surface area contributed by atoms with Gasteiger partial charge in [0.05, 0.1) is 0 Å². The number of pyridine rings is 1. The summed E-state index contributed by atoms with van der Waals surface area (Å²) < 4.78 is 0. The molecule has 0 atom stereocenters. The first-order valence-corrected chi connectivity index (χ1v) is 7.79. The molecule has 0 saturated carbocycles. The molecule has 1 N–H and O–H groups in total. The summed E-state index contributed by atoms with van der Waals surface area (Å²) in [7, 11) is 0. The predicted molar refractivity (Wildman–Crippen MR) is 81.4 cm³/mol. The monoisotopic (exact) mass is 261 g/mol. The molecule has 1 aromatic rings. The van der Waals surface area contributed by atoms with Crippen molar-refractivity contribution in [3.8, 4) is 0 Å². The van der Waals surface area contributed by atoms with E-state index >= 15 is 0 Å². The molecule has 2 heterocycles. The third kappa shape index (κ3) is 5.19. The van der Waals surface area contributed by atoms with Crippen molar-refractivity contribution in [3.63, 3.8) is 0 Å². The van der Waals surface area contributed by atoms with Gasteiger partial charge in [-0.2, -0.15) is 0 Å². The number of hydrogen-bond donors (Lipinski definition) is 1. The van der Waals surface area contributed by atoms with Gasteiger partial charge in [-0.1, -0.05) is 32.3 Å². The lowest BCUT2D eigenvalue weighted by molar-refractivity contribution is 0.239. The number of aromatic nitrogens is 1. The van der Waals surface area contributed by atoms with Gasteiger partial charge >= 0.3 is 0 Å². The molecule has 1 aliphatic heterocycles. The van der Waals surface area contributed by atoms with E-state index in [2.05, 4.69) is 34.3 Å². The van der Waals surface area contributed by atoms with Crippen LogP contribution in [0.2, 0.25) is 0 Å². The maximum absolute atomic E-state index is 4.49. The van der Waals surface area contributed by atoms with Gasteiger partial charge in [-0.15, -0.1) is 0 Å². The lowest BCUT2D eigenvalue weighted by Gasteiger charge is -2.24. The highest BCUT2D eigenvalue weighted by Gasteiger charge is 2.08. The largest absolute Gasteiger partial charge is 0.370 e. The predicted octanol–water partition coefficient (Wildman–Crippen LogP) is 3.67. The summed E-state index contributed by atoms with van der Waals surface area (Å²) >= 11 is 0. The minimum Gasteiger partial charge on any atom is -0.370 e. The minimum absolute atomic E-state index is 0.998. The third-order valence-corrected chi connectivity index (χ3v) is 3.74. The van der Waals surface area contributed by atoms with E-state index < -0.39 is 0 Å². The first-order chi connectivity index (χ1) is 9.38. The molecule has 0 unspecified atom stereocenters. The molecule has 0 spiro atoms. The quantitative estimate of drug-likeness (QED) is 0.876. The van der Waals surface area contributed by atoms with E-state index in [0.29, 0.717) is 0 Å². The maximum Gasteiger partial charge on any atom is 0.125 e. The second kappa shape index (κ2) is 8.16. The van der Waals surface area contributed by atoms with E-state index in [0.717, 1.165) is 25.3 Å². The number of nitrogens with one attached hydrogen (secondary N) is 1. The number of hydrogen-bond acceptors (Lipinski definition) is 3. The lowest BCUT2D eigenvalue weighted by atomic mass is 10.1. The average Bonchev–Trinajstić information content (AvgIpc) is 2.41. The minimum atomic E-state index is 0.998. The molecule has 1 aromatic heterocycles. The summed E-state index contributed by atoms with van der Waals surface area (Å²) in [6.07, 6.45) is 10.1. The van der Waals surface area contributed by atoms with Crippen molar-refractivity contribution in [2.75, 3.05) is 25.0 Å². The number of likely N-dealkylation sites (tertiary alicyclic amines) is 1. The van der Waals surface area contributed by atoms with Crippen LogP contribution in [0.1, 0.15) is 51.0 Å². The fourth-order valence-corrected chi connectivity index (χ4v) is 2.60. The zero-order valence-corrected chi connectivity index (χ0v) is 12.2. The van der Waals surface area contributed by atoms with Crippen molar-refractivity contribution in [1.29, 1.82) is 0 Å². The van der Waals surface area contributed by atoms with Gasteiger partial charge < -0.3 is 5.32 Å². The Kier molecular flexibility index (Phi) is 6.15. The molecule has 1 fully saturated rings. The highest BCUT2D eigenvalue weighted by Crippen LogP contribution is 2.14. The summed E-state index contributed by atoms with van der Waals surface area (Å²) in [5, 5.41) is 3.32. The van der Waals surface area contributed by atoms with Crippen LogP contribution in [-0.4, -0.2) is 29.5 Å². The Morgan fingerprint density at radius 1 is 1.11 bits per heavy atom. The Morgan fingerprint density at radius 3 is 2.47 bits per heavy atom. The van der Waals surface area contributed by atoms with Crippen LogP contribution in [0.5, 0.6) is 0 Å². The SMILES string of the molecule is CCCNc1ccc(CN2CCCCCCC2)cn1. The van der Waals surface area contributed by atoms with E-state index in [1.807, 2.05) is 6.20 Å². The number of rotatable bonds is 5. The van der Waals surface area contributed by atoms with Crippen molar-refractivity contribution >= 4 is 5.82 Å². The molecular weight excluding hydrogens is 234 g/mol. The molecule has 0 amide bonds. The van der Waals surface area contributed by atoms with Crippen LogP contribution in [0.15, 0.2) is 18.3 Å². The molecule has 3 heteroatoms. The van der Waals surface area contributed by atoms with Gasteiger partial charge in [0.2, 0.25) is 0 Å². The maximum atomic E-state index is 4.49. The third-order valence-electron chi connectivity index (χ3n) is 3.74. The zero-order chi connectivity index (χ0) is 13.3. The molecule has 0 bridgehead atoms. The zero-order valence-electron chi connectivity index (χ0n) is 12.2. The summed E-state index contributed by atoms with van der Waals surface area (Å²) in [5.74, 6) is 0.998. The van der Waals surface area contributed by atoms with Gasteiger partial charge in [0, 0.05) is 19.3 Å². The highest BCUT2D eigenvalue weighted by molar-refractivity contribution is 5.35. The van der Waals surface area contributed by atoms with E-state index in [1.54, 1.807) is 0 Å². The number of anilines is 1. The molecular formula is C16H27N3. The Morgan fingerprint density at radius 2 is 1.84 bits per heavy atom. The lowest BCUT2D eigenvalue weighted by Crippen LogP contribution is -2.26. The van der Waals surface area contributed by atoms with Crippen molar-refractivity contribution in [3.05, 3.63) is 23.9 Å². The van der Waals surface area contributed by atoms with Crippen LogP contribution in [0.25, 0.3) is 0 Å². The molecule has 19 heavy (non-hydrogen) atoms. The van der Waals surface area contributed by atoms with E-state index in [4.69, 9.17) is 0 Å². The summed E-state index contributed by atoms with van der Waals surface area (Å²) in [5.41, 5.74) is 1.34. The first-order valence-electron chi connectivity index (χ1n) is 7.79. The van der Waals surface area contributed by atoms with Crippen LogP contribution in [-0.2, 0) is 6.54 Å². The van der Waals surface area contributed by atoms with Gasteiger partial charge in [0.1, 0.15) is 5.82 Å². The highest BCUT2D eigenvalue weighted by atomic mass is 15.1. The van der Waals surface area contributed by atoms with E-state index in [1.165, 1.54) is 50.8 Å². The summed E-state index contributed by atoms with van der Waals surface area (Å²) in [6.45, 7) is 6.72. The molecule has 106 valence electrons. The van der Waals surface area contributed by atoms with Crippen LogP contribution in [0, 0.1) is 0 Å².